The molecule has 3 aromatic heterocycles. The second-order valence-corrected chi connectivity index (χ2v) is 13.6. The van der Waals surface area contributed by atoms with E-state index in [1.54, 1.807) is 13.2 Å². The molecule has 1 saturated carbocycles. The van der Waals surface area contributed by atoms with Gasteiger partial charge in [0.2, 0.25) is 5.28 Å². The minimum absolute atomic E-state index is 0.0206. The molecule has 6 rings (SSSR count). The number of hydrogen-bond donors (Lipinski definition) is 0. The molecule has 14 heteroatoms. The van der Waals surface area contributed by atoms with E-state index in [0.717, 1.165) is 35.4 Å². The first-order chi connectivity index (χ1) is 19.4. The fraction of sp³-hybridized carbons (Fsp3) is 0.407. The summed E-state index contributed by atoms with van der Waals surface area (Å²) in [5, 5.41) is 13.2. The zero-order chi connectivity index (χ0) is 29.3. The van der Waals surface area contributed by atoms with Gasteiger partial charge in [0.15, 0.2) is 17.4 Å². The maximum atomic E-state index is 15.9. The van der Waals surface area contributed by atoms with Gasteiger partial charge in [-0.2, -0.15) is 10.2 Å². The highest BCUT2D eigenvalue weighted by atomic mass is 35.5. The van der Waals surface area contributed by atoms with E-state index < -0.39 is 26.9 Å². The number of aromatic nitrogens is 7. The highest BCUT2D eigenvalue weighted by molar-refractivity contribution is 7.90. The van der Waals surface area contributed by atoms with Gasteiger partial charge in [-0.3, -0.25) is 0 Å². The number of aryl methyl sites for hydroxylation is 1. The van der Waals surface area contributed by atoms with E-state index in [9.17, 15) is 8.42 Å². The van der Waals surface area contributed by atoms with E-state index in [4.69, 9.17) is 16.3 Å². The molecule has 2 aliphatic carbocycles. The SMILES string of the molecule is COc1cnc(Cl)nc1[C@@]12CC[C@@H](c3cc(-c4c(F)ccc(-n5cnc(CCS(C)(=O)=O)n5)c4F)nnc31)C2(C)C. The third-order valence-corrected chi connectivity index (χ3v) is 9.67. The Labute approximate surface area is 240 Å². The van der Waals surface area contributed by atoms with E-state index in [1.165, 1.54) is 18.6 Å². The third kappa shape index (κ3) is 4.19. The molecule has 0 spiro atoms. The van der Waals surface area contributed by atoms with Crippen molar-refractivity contribution < 1.29 is 21.9 Å². The van der Waals surface area contributed by atoms with Gasteiger partial charge >= 0.3 is 0 Å². The van der Waals surface area contributed by atoms with Crippen molar-refractivity contribution in [2.75, 3.05) is 19.1 Å². The lowest BCUT2D eigenvalue weighted by molar-refractivity contribution is 0.235. The molecule has 10 nitrogen and oxygen atoms in total. The molecule has 3 heterocycles. The summed E-state index contributed by atoms with van der Waals surface area (Å²) in [6.45, 7) is 4.24. The number of methoxy groups -OCH3 is 1. The monoisotopic (exact) mass is 601 g/mol. The van der Waals surface area contributed by atoms with Crippen LogP contribution in [0.2, 0.25) is 5.28 Å². The van der Waals surface area contributed by atoms with Crippen LogP contribution < -0.4 is 4.74 Å². The van der Waals surface area contributed by atoms with E-state index in [1.807, 2.05) is 0 Å². The van der Waals surface area contributed by atoms with Gasteiger partial charge in [-0.1, -0.05) is 13.8 Å². The minimum Gasteiger partial charge on any atom is -0.493 e. The molecule has 2 aliphatic rings. The Hall–Kier alpha value is -3.58. The molecule has 41 heavy (non-hydrogen) atoms. The van der Waals surface area contributed by atoms with E-state index in [-0.39, 0.29) is 51.6 Å². The fourth-order valence-corrected chi connectivity index (χ4v) is 7.22. The summed E-state index contributed by atoms with van der Waals surface area (Å²) < 4.78 is 60.9. The molecular weight excluding hydrogens is 576 g/mol. The van der Waals surface area contributed by atoms with Crippen LogP contribution >= 0.6 is 11.6 Å². The highest BCUT2D eigenvalue weighted by Crippen LogP contribution is 2.70. The van der Waals surface area contributed by atoms with Crippen LogP contribution in [0.5, 0.6) is 5.75 Å². The van der Waals surface area contributed by atoms with Crippen molar-refractivity contribution in [1.82, 2.24) is 34.9 Å². The van der Waals surface area contributed by atoms with Gasteiger partial charge in [-0.15, -0.1) is 5.10 Å². The van der Waals surface area contributed by atoms with Crippen molar-refractivity contribution in [2.45, 2.75) is 44.4 Å². The summed E-state index contributed by atoms with van der Waals surface area (Å²) in [6, 6.07) is 4.08. The lowest BCUT2D eigenvalue weighted by Crippen LogP contribution is -2.38. The summed E-state index contributed by atoms with van der Waals surface area (Å²) in [5.41, 5.74) is 0.725. The summed E-state index contributed by atoms with van der Waals surface area (Å²) in [6.07, 6.45) is 5.51. The number of benzene rings is 1. The molecule has 0 unspecified atom stereocenters. The van der Waals surface area contributed by atoms with Gasteiger partial charge in [0.05, 0.1) is 41.4 Å². The van der Waals surface area contributed by atoms with Gasteiger partial charge in [0.25, 0.3) is 0 Å². The van der Waals surface area contributed by atoms with Crippen LogP contribution in [0.25, 0.3) is 16.9 Å². The number of sulfone groups is 1. The van der Waals surface area contributed by atoms with Crippen molar-refractivity contribution >= 4 is 21.4 Å². The fourth-order valence-electron chi connectivity index (χ4n) is 6.53. The maximum Gasteiger partial charge on any atom is 0.222 e. The maximum absolute atomic E-state index is 15.9. The standard InChI is InChI=1S/C27H26ClF2N7O3S/c1-26(2)15-7-9-27(26,24-19(40-3)12-31-25(28)33-24)23-14(15)11-17(34-35-23)21-16(29)5-6-18(22(21)30)37-13-32-20(36-37)8-10-41(4,38)39/h5-6,11-13,15H,7-10H2,1-4H3/t15-,27+/m0/s1. The summed E-state index contributed by atoms with van der Waals surface area (Å²) in [7, 11) is -1.69. The first kappa shape index (κ1) is 27.6. The molecular formula is C27H26ClF2N7O3S. The number of ether oxygens (including phenoxy) is 1. The number of fused-ring (bicyclic) bond motifs is 5. The zero-order valence-electron chi connectivity index (χ0n) is 22.7. The van der Waals surface area contributed by atoms with Crippen LogP contribution in [0, 0.1) is 17.0 Å². The van der Waals surface area contributed by atoms with Crippen molar-refractivity contribution in [3.63, 3.8) is 0 Å². The van der Waals surface area contributed by atoms with Gasteiger partial charge in [-0.25, -0.2) is 36.8 Å². The number of rotatable bonds is 7. The topological polar surface area (TPSA) is 126 Å². The average Bonchev–Trinajstić information content (AvgIpc) is 3.54. The Morgan fingerprint density at radius 2 is 1.95 bits per heavy atom. The van der Waals surface area contributed by atoms with Gasteiger partial charge in [-0.05, 0) is 59.5 Å². The first-order valence-electron chi connectivity index (χ1n) is 12.9. The Kier molecular flexibility index (Phi) is 6.38. The lowest BCUT2D eigenvalue weighted by atomic mass is 9.66. The molecule has 214 valence electrons. The first-order valence-corrected chi connectivity index (χ1v) is 15.3. The van der Waals surface area contributed by atoms with Crippen molar-refractivity contribution in [1.29, 1.82) is 0 Å². The van der Waals surface area contributed by atoms with Crippen LogP contribution in [0.1, 0.15) is 55.4 Å². The molecule has 0 saturated heterocycles. The second-order valence-electron chi connectivity index (χ2n) is 11.0. The molecule has 0 aliphatic heterocycles. The van der Waals surface area contributed by atoms with Crippen LogP contribution in [0.4, 0.5) is 8.78 Å². The van der Waals surface area contributed by atoms with Crippen LogP contribution in [-0.2, 0) is 21.7 Å². The molecule has 1 fully saturated rings. The van der Waals surface area contributed by atoms with E-state index >= 15 is 8.78 Å². The Morgan fingerprint density at radius 1 is 1.17 bits per heavy atom. The average molecular weight is 602 g/mol. The van der Waals surface area contributed by atoms with Crippen LogP contribution in [0.15, 0.2) is 30.7 Å². The van der Waals surface area contributed by atoms with Crippen LogP contribution in [0.3, 0.4) is 0 Å². The van der Waals surface area contributed by atoms with Gasteiger partial charge in [0.1, 0.15) is 33.4 Å². The van der Waals surface area contributed by atoms with Crippen molar-refractivity contribution in [3.8, 4) is 22.7 Å². The predicted octanol–water partition coefficient (Wildman–Crippen LogP) is 4.24. The predicted molar refractivity (Wildman–Crippen MR) is 146 cm³/mol. The highest BCUT2D eigenvalue weighted by Gasteiger charge is 2.66. The van der Waals surface area contributed by atoms with Gasteiger partial charge in [0, 0.05) is 12.7 Å². The number of hydrogen-bond acceptors (Lipinski definition) is 9. The molecule has 0 N–H and O–H groups in total. The van der Waals surface area contributed by atoms with E-state index in [0.29, 0.717) is 17.1 Å². The van der Waals surface area contributed by atoms with Crippen molar-refractivity contribution in [2.24, 2.45) is 5.41 Å². The number of nitrogens with zero attached hydrogens (tertiary/aromatic N) is 7. The number of halogens is 3. The summed E-state index contributed by atoms with van der Waals surface area (Å²) in [4.78, 5) is 12.7. The van der Waals surface area contributed by atoms with E-state index in [2.05, 4.69) is 44.1 Å². The molecule has 0 amide bonds. The summed E-state index contributed by atoms with van der Waals surface area (Å²) in [5.74, 6) is -1.12. The lowest BCUT2D eigenvalue weighted by Gasteiger charge is -2.37. The Bertz CT molecular complexity index is 1810. The molecule has 4 aromatic rings. The molecule has 0 radical (unpaired) electrons. The Balaban J connectivity index is 1.44. The normalized spacial score (nSPS) is 20.8. The quantitative estimate of drug-likeness (QED) is 0.286. The molecule has 1 aromatic carbocycles. The second kappa shape index (κ2) is 9.48. The van der Waals surface area contributed by atoms with Crippen molar-refractivity contribution in [3.05, 3.63) is 70.4 Å². The van der Waals surface area contributed by atoms with Gasteiger partial charge < -0.3 is 4.74 Å². The van der Waals surface area contributed by atoms with Crippen LogP contribution in [-0.4, -0.2) is 62.5 Å². The molecule has 2 atom stereocenters. The third-order valence-electron chi connectivity index (χ3n) is 8.54. The molecule has 2 bridgehead atoms. The smallest absolute Gasteiger partial charge is 0.222 e. The minimum atomic E-state index is -3.23. The zero-order valence-corrected chi connectivity index (χ0v) is 24.3. The largest absolute Gasteiger partial charge is 0.493 e. The summed E-state index contributed by atoms with van der Waals surface area (Å²) >= 11 is 6.21. The Morgan fingerprint density at radius 3 is 2.68 bits per heavy atom.